The molecule has 1 amide bonds. The largest absolute Gasteiger partial charge is 0.368 e. The topological polar surface area (TPSA) is 58.4 Å². The fourth-order valence-corrected chi connectivity index (χ4v) is 4.09. The molecule has 0 N–H and O–H groups in total. The second-order valence-electron chi connectivity index (χ2n) is 8.29. The molecule has 8 heteroatoms. The first-order valence-corrected chi connectivity index (χ1v) is 10.8. The molecule has 6 nitrogen and oxygen atoms in total. The molecular formula is C24H24ClFN4O2. The summed E-state index contributed by atoms with van der Waals surface area (Å²) >= 11 is 6.10. The van der Waals surface area contributed by atoms with Crippen molar-refractivity contribution in [1.82, 2.24) is 14.7 Å². The Balaban J connectivity index is 1.53. The Morgan fingerprint density at radius 1 is 1.00 bits per heavy atom. The number of nitrogens with zero attached hydrogens (tertiary/aromatic N) is 4. The van der Waals surface area contributed by atoms with E-state index >= 15 is 0 Å². The molecule has 1 fully saturated rings. The molecule has 166 valence electrons. The molecule has 0 spiro atoms. The minimum atomic E-state index is -1.18. The Labute approximate surface area is 190 Å². The zero-order chi connectivity index (χ0) is 22.9. The van der Waals surface area contributed by atoms with Crippen LogP contribution in [0.3, 0.4) is 0 Å². The zero-order valence-electron chi connectivity index (χ0n) is 18.0. The molecule has 32 heavy (non-hydrogen) atoms. The first-order chi connectivity index (χ1) is 15.3. The molecule has 1 aliphatic rings. The summed E-state index contributed by atoms with van der Waals surface area (Å²) in [5.74, 6) is -0.524. The zero-order valence-corrected chi connectivity index (χ0v) is 18.7. The molecule has 0 radical (unpaired) electrons. The molecule has 1 saturated heterocycles. The lowest BCUT2D eigenvalue weighted by molar-refractivity contribution is -0.140. The van der Waals surface area contributed by atoms with Crippen LogP contribution < -0.4 is 10.5 Å². The van der Waals surface area contributed by atoms with Gasteiger partial charge in [0.05, 0.1) is 5.69 Å². The van der Waals surface area contributed by atoms with E-state index in [4.69, 9.17) is 11.6 Å². The third-order valence-electron chi connectivity index (χ3n) is 5.73. The van der Waals surface area contributed by atoms with Gasteiger partial charge in [0.25, 0.3) is 5.56 Å². The van der Waals surface area contributed by atoms with E-state index in [2.05, 4.69) is 10.00 Å². The molecule has 4 rings (SSSR count). The average Bonchev–Trinajstić information content (AvgIpc) is 2.79. The number of anilines is 1. The summed E-state index contributed by atoms with van der Waals surface area (Å²) in [5.41, 5.74) is 0.640. The van der Waals surface area contributed by atoms with Crippen LogP contribution in [-0.2, 0) is 10.3 Å². The van der Waals surface area contributed by atoms with Crippen LogP contribution in [0.2, 0.25) is 5.02 Å². The highest BCUT2D eigenvalue weighted by molar-refractivity contribution is 6.30. The minimum Gasteiger partial charge on any atom is -0.368 e. The molecule has 0 aliphatic carbocycles. The van der Waals surface area contributed by atoms with Gasteiger partial charge in [-0.05, 0) is 62.4 Å². The summed E-state index contributed by atoms with van der Waals surface area (Å²) in [7, 11) is 0. The van der Waals surface area contributed by atoms with Crippen molar-refractivity contribution in [2.45, 2.75) is 19.4 Å². The maximum Gasteiger partial charge on any atom is 0.267 e. The van der Waals surface area contributed by atoms with E-state index in [9.17, 15) is 14.0 Å². The van der Waals surface area contributed by atoms with Crippen LogP contribution in [0.15, 0.2) is 65.5 Å². The van der Waals surface area contributed by atoms with Crippen LogP contribution in [-0.4, -0.2) is 46.8 Å². The fraction of sp³-hybridized carbons (Fsp3) is 0.292. The first kappa shape index (κ1) is 22.0. The minimum absolute atomic E-state index is 0.172. The molecule has 3 aromatic rings. The van der Waals surface area contributed by atoms with E-state index < -0.39 is 5.54 Å². The summed E-state index contributed by atoms with van der Waals surface area (Å²) < 4.78 is 14.5. The summed E-state index contributed by atoms with van der Waals surface area (Å²) in [5, 5.41) is 5.12. The van der Waals surface area contributed by atoms with Crippen LogP contribution in [0.4, 0.5) is 10.1 Å². The smallest absolute Gasteiger partial charge is 0.267 e. The van der Waals surface area contributed by atoms with Gasteiger partial charge in [0, 0.05) is 48.5 Å². The van der Waals surface area contributed by atoms with Crippen LogP contribution in [0.25, 0.3) is 11.3 Å². The molecule has 0 unspecified atom stereocenters. The summed E-state index contributed by atoms with van der Waals surface area (Å²) in [6.07, 6.45) is 0. The van der Waals surface area contributed by atoms with Crippen LogP contribution in [0.5, 0.6) is 0 Å². The fourth-order valence-electron chi connectivity index (χ4n) is 3.90. The van der Waals surface area contributed by atoms with E-state index in [0.29, 0.717) is 42.5 Å². The van der Waals surface area contributed by atoms with Crippen LogP contribution in [0, 0.1) is 5.82 Å². The number of rotatable bonds is 4. The Morgan fingerprint density at radius 3 is 2.34 bits per heavy atom. The lowest BCUT2D eigenvalue weighted by atomic mass is 10.0. The van der Waals surface area contributed by atoms with Crippen molar-refractivity contribution in [3.8, 4) is 11.3 Å². The average molecular weight is 455 g/mol. The van der Waals surface area contributed by atoms with Crippen molar-refractivity contribution in [2.24, 2.45) is 0 Å². The maximum atomic E-state index is 13.4. The van der Waals surface area contributed by atoms with Gasteiger partial charge < -0.3 is 9.80 Å². The van der Waals surface area contributed by atoms with Gasteiger partial charge in [-0.15, -0.1) is 0 Å². The van der Waals surface area contributed by atoms with Crippen LogP contribution >= 0.6 is 11.6 Å². The molecular weight excluding hydrogens is 431 g/mol. The van der Waals surface area contributed by atoms with Crippen molar-refractivity contribution in [3.05, 3.63) is 81.9 Å². The van der Waals surface area contributed by atoms with Gasteiger partial charge >= 0.3 is 0 Å². The summed E-state index contributed by atoms with van der Waals surface area (Å²) in [6, 6.07) is 16.5. The Morgan fingerprint density at radius 2 is 1.69 bits per heavy atom. The van der Waals surface area contributed by atoms with Gasteiger partial charge in [0.2, 0.25) is 5.91 Å². The SMILES string of the molecule is CC(C)(C(=O)N1CCN(c2cccc(Cl)c2)CC1)n1nc(-c2ccc(F)cc2)ccc1=O. The lowest BCUT2D eigenvalue weighted by Crippen LogP contribution is -2.56. The number of hydrogen-bond acceptors (Lipinski definition) is 4. The van der Waals surface area contributed by atoms with Gasteiger partial charge in [-0.3, -0.25) is 9.59 Å². The predicted molar refractivity (Wildman–Crippen MR) is 123 cm³/mol. The number of aromatic nitrogens is 2. The highest BCUT2D eigenvalue weighted by Crippen LogP contribution is 2.24. The van der Waals surface area contributed by atoms with E-state index in [1.54, 1.807) is 36.9 Å². The van der Waals surface area contributed by atoms with Crippen molar-refractivity contribution in [2.75, 3.05) is 31.1 Å². The van der Waals surface area contributed by atoms with E-state index in [-0.39, 0.29) is 17.3 Å². The third kappa shape index (κ3) is 4.39. The number of carbonyl (C=O) groups excluding carboxylic acids is 1. The highest BCUT2D eigenvalue weighted by Gasteiger charge is 2.37. The Kier molecular flexibility index (Phi) is 6.02. The third-order valence-corrected chi connectivity index (χ3v) is 5.97. The summed E-state index contributed by atoms with van der Waals surface area (Å²) in [6.45, 7) is 5.78. The van der Waals surface area contributed by atoms with Crippen molar-refractivity contribution in [1.29, 1.82) is 0 Å². The molecule has 0 bridgehead atoms. The van der Waals surface area contributed by atoms with Crippen molar-refractivity contribution in [3.63, 3.8) is 0 Å². The monoisotopic (exact) mass is 454 g/mol. The number of hydrogen-bond donors (Lipinski definition) is 0. The molecule has 2 heterocycles. The summed E-state index contributed by atoms with van der Waals surface area (Å²) in [4.78, 5) is 30.0. The van der Waals surface area contributed by atoms with Gasteiger partial charge in [-0.25, -0.2) is 9.07 Å². The Bertz CT molecular complexity index is 1190. The van der Waals surface area contributed by atoms with Gasteiger partial charge in [-0.2, -0.15) is 5.10 Å². The van der Waals surface area contributed by atoms with E-state index in [0.717, 1.165) is 5.69 Å². The second-order valence-corrected chi connectivity index (χ2v) is 8.73. The number of piperazine rings is 1. The second kappa shape index (κ2) is 8.74. The van der Waals surface area contributed by atoms with Crippen LogP contribution in [0.1, 0.15) is 13.8 Å². The predicted octanol–water partition coefficient (Wildman–Crippen LogP) is 3.79. The highest BCUT2D eigenvalue weighted by atomic mass is 35.5. The molecule has 0 saturated carbocycles. The molecule has 0 atom stereocenters. The first-order valence-electron chi connectivity index (χ1n) is 10.4. The quantitative estimate of drug-likeness (QED) is 0.602. The molecule has 2 aromatic carbocycles. The van der Waals surface area contributed by atoms with E-state index in [1.807, 2.05) is 24.3 Å². The standard InChI is InChI=1S/C24H24ClFN4O2/c1-24(2,30-22(31)11-10-21(27-30)17-6-8-19(26)9-7-17)23(32)29-14-12-28(13-15-29)20-5-3-4-18(25)16-20/h3-11,16H,12-15H2,1-2H3. The number of benzene rings is 2. The Hall–Kier alpha value is -3.19. The molecule has 1 aliphatic heterocycles. The maximum absolute atomic E-state index is 13.4. The van der Waals surface area contributed by atoms with Gasteiger partial charge in [-0.1, -0.05) is 17.7 Å². The van der Waals surface area contributed by atoms with Crippen molar-refractivity contribution >= 4 is 23.2 Å². The van der Waals surface area contributed by atoms with E-state index in [1.165, 1.54) is 22.9 Å². The number of halogens is 2. The van der Waals surface area contributed by atoms with Crippen molar-refractivity contribution < 1.29 is 9.18 Å². The number of carbonyl (C=O) groups is 1. The molecule has 1 aromatic heterocycles. The normalized spacial score (nSPS) is 14.5. The van der Waals surface area contributed by atoms with Gasteiger partial charge in [0.1, 0.15) is 11.4 Å². The van der Waals surface area contributed by atoms with Gasteiger partial charge in [0.15, 0.2) is 0 Å². The number of amides is 1. The lowest BCUT2D eigenvalue weighted by Gasteiger charge is -2.39.